The maximum absolute atomic E-state index is 12.6. The number of benzene rings is 1. The van der Waals surface area contributed by atoms with Gasteiger partial charge in [-0.25, -0.2) is 0 Å². The Bertz CT molecular complexity index is 436. The molecule has 1 aromatic carbocycles. The van der Waals surface area contributed by atoms with Crippen LogP contribution in [-0.4, -0.2) is 30.9 Å². The maximum atomic E-state index is 12.6. The Balaban J connectivity index is 2.10. The summed E-state index contributed by atoms with van der Waals surface area (Å²) in [6, 6.07) is 8.12. The quantitative estimate of drug-likeness (QED) is 0.903. The molecule has 0 aromatic heterocycles. The molecule has 1 N–H and O–H groups in total. The highest BCUT2D eigenvalue weighted by Gasteiger charge is 2.26. The van der Waals surface area contributed by atoms with Crippen LogP contribution in [0.4, 0.5) is 5.69 Å². The van der Waals surface area contributed by atoms with Gasteiger partial charge >= 0.3 is 0 Å². The first-order chi connectivity index (χ1) is 9.13. The third-order valence-electron chi connectivity index (χ3n) is 4.28. The lowest BCUT2D eigenvalue weighted by Gasteiger charge is -2.34. The van der Waals surface area contributed by atoms with Gasteiger partial charge in [-0.1, -0.05) is 19.1 Å². The van der Waals surface area contributed by atoms with Crippen LogP contribution in [0.3, 0.4) is 0 Å². The third kappa shape index (κ3) is 3.09. The van der Waals surface area contributed by atoms with Gasteiger partial charge in [-0.2, -0.15) is 0 Å². The molecule has 0 atom stereocenters. The van der Waals surface area contributed by atoms with Gasteiger partial charge in [0.15, 0.2) is 0 Å². The van der Waals surface area contributed by atoms with Crippen LogP contribution < -0.4 is 5.32 Å². The minimum absolute atomic E-state index is 0.129. The van der Waals surface area contributed by atoms with E-state index in [0.717, 1.165) is 30.0 Å². The van der Waals surface area contributed by atoms with Gasteiger partial charge in [0.2, 0.25) is 0 Å². The Morgan fingerprint density at radius 3 is 2.47 bits per heavy atom. The summed E-state index contributed by atoms with van der Waals surface area (Å²) >= 11 is 0. The van der Waals surface area contributed by atoms with Crippen LogP contribution in [0.15, 0.2) is 24.3 Å². The number of hydrogen-bond donors (Lipinski definition) is 1. The van der Waals surface area contributed by atoms with Crippen LogP contribution in [0, 0.1) is 5.92 Å². The van der Waals surface area contributed by atoms with Crippen molar-refractivity contribution in [1.29, 1.82) is 0 Å². The van der Waals surface area contributed by atoms with E-state index in [-0.39, 0.29) is 5.91 Å². The Morgan fingerprint density at radius 1 is 1.21 bits per heavy atom. The number of carbonyl (C=O) groups excluding carboxylic acids is 1. The zero-order valence-corrected chi connectivity index (χ0v) is 12.1. The molecule has 1 saturated carbocycles. The molecule has 0 saturated heterocycles. The second-order valence-corrected chi connectivity index (χ2v) is 5.63. The predicted octanol–water partition coefficient (Wildman–Crippen LogP) is 3.38. The Morgan fingerprint density at radius 2 is 1.84 bits per heavy atom. The van der Waals surface area contributed by atoms with Gasteiger partial charge in [-0.3, -0.25) is 4.79 Å². The lowest BCUT2D eigenvalue weighted by atomic mass is 9.86. The average Bonchev–Trinajstić information content (AvgIpc) is 2.46. The largest absolute Gasteiger partial charge is 0.387 e. The Hall–Kier alpha value is -1.51. The van der Waals surface area contributed by atoms with Gasteiger partial charge in [-0.05, 0) is 43.7 Å². The van der Waals surface area contributed by atoms with E-state index in [4.69, 9.17) is 0 Å². The van der Waals surface area contributed by atoms with Gasteiger partial charge in [0.05, 0.1) is 5.56 Å². The number of hydrogen-bond acceptors (Lipinski definition) is 2. The molecule has 1 aliphatic rings. The van der Waals surface area contributed by atoms with Crippen molar-refractivity contribution in [2.24, 2.45) is 5.92 Å². The monoisotopic (exact) mass is 260 g/mol. The van der Waals surface area contributed by atoms with E-state index in [1.807, 2.05) is 43.3 Å². The highest BCUT2D eigenvalue weighted by Crippen LogP contribution is 2.28. The molecule has 0 radical (unpaired) electrons. The summed E-state index contributed by atoms with van der Waals surface area (Å²) in [6.45, 7) is 2.30. The van der Waals surface area contributed by atoms with Gasteiger partial charge in [-0.15, -0.1) is 0 Å². The molecule has 1 amide bonds. The predicted molar refractivity (Wildman–Crippen MR) is 79.5 cm³/mol. The van der Waals surface area contributed by atoms with Gasteiger partial charge in [0, 0.05) is 25.8 Å². The van der Waals surface area contributed by atoms with Crippen molar-refractivity contribution in [1.82, 2.24) is 4.90 Å². The Labute approximate surface area is 116 Å². The topological polar surface area (TPSA) is 32.3 Å². The summed E-state index contributed by atoms with van der Waals surface area (Å²) in [5.74, 6) is 0.939. The van der Waals surface area contributed by atoms with Gasteiger partial charge < -0.3 is 10.2 Å². The summed E-state index contributed by atoms with van der Waals surface area (Å²) in [4.78, 5) is 14.5. The van der Waals surface area contributed by atoms with Crippen LogP contribution in [0.2, 0.25) is 0 Å². The molecule has 104 valence electrons. The van der Waals surface area contributed by atoms with E-state index in [1.54, 1.807) is 0 Å². The molecule has 3 nitrogen and oxygen atoms in total. The van der Waals surface area contributed by atoms with E-state index in [0.29, 0.717) is 6.04 Å². The second-order valence-electron chi connectivity index (χ2n) is 5.63. The number of nitrogens with one attached hydrogen (secondary N) is 1. The number of para-hydroxylation sites is 1. The highest BCUT2D eigenvalue weighted by atomic mass is 16.2. The standard InChI is InChI=1S/C16H24N2O/c1-12-8-10-13(11-9-12)18(3)16(19)14-6-4-5-7-15(14)17-2/h4-7,12-13,17H,8-11H2,1-3H3. The maximum Gasteiger partial charge on any atom is 0.255 e. The number of carbonyl (C=O) groups is 1. The number of nitrogens with zero attached hydrogens (tertiary/aromatic N) is 1. The lowest BCUT2D eigenvalue weighted by molar-refractivity contribution is 0.0680. The number of amides is 1. The van der Waals surface area contributed by atoms with Crippen molar-refractivity contribution in [3.63, 3.8) is 0 Å². The summed E-state index contributed by atoms with van der Waals surface area (Å²) in [6.07, 6.45) is 4.72. The molecule has 0 bridgehead atoms. The van der Waals surface area contributed by atoms with Crippen LogP contribution in [0.25, 0.3) is 0 Å². The van der Waals surface area contributed by atoms with Crippen molar-refractivity contribution in [3.05, 3.63) is 29.8 Å². The molecular weight excluding hydrogens is 236 g/mol. The first-order valence-electron chi connectivity index (χ1n) is 7.17. The van der Waals surface area contributed by atoms with Crippen LogP contribution in [0.1, 0.15) is 43.0 Å². The molecule has 2 rings (SSSR count). The fourth-order valence-corrected chi connectivity index (χ4v) is 2.87. The lowest BCUT2D eigenvalue weighted by Crippen LogP contribution is -2.39. The molecule has 3 heteroatoms. The van der Waals surface area contributed by atoms with Crippen molar-refractivity contribution in [3.8, 4) is 0 Å². The third-order valence-corrected chi connectivity index (χ3v) is 4.28. The normalized spacial score (nSPS) is 22.9. The summed E-state index contributed by atoms with van der Waals surface area (Å²) in [5.41, 5.74) is 1.68. The molecule has 1 aromatic rings. The Kier molecular flexibility index (Phi) is 4.46. The van der Waals surface area contributed by atoms with Crippen LogP contribution >= 0.6 is 0 Å². The van der Waals surface area contributed by atoms with E-state index >= 15 is 0 Å². The van der Waals surface area contributed by atoms with Crippen LogP contribution in [0.5, 0.6) is 0 Å². The average molecular weight is 260 g/mol. The van der Waals surface area contributed by atoms with E-state index in [2.05, 4.69) is 12.2 Å². The number of rotatable bonds is 3. The summed E-state index contributed by atoms with van der Waals surface area (Å²) in [5, 5.41) is 3.09. The van der Waals surface area contributed by atoms with Crippen molar-refractivity contribution in [2.75, 3.05) is 19.4 Å². The fraction of sp³-hybridized carbons (Fsp3) is 0.562. The highest BCUT2D eigenvalue weighted by molar-refractivity contribution is 5.99. The van der Waals surface area contributed by atoms with Gasteiger partial charge in [0.1, 0.15) is 0 Å². The van der Waals surface area contributed by atoms with E-state index in [9.17, 15) is 4.79 Å². The van der Waals surface area contributed by atoms with Gasteiger partial charge in [0.25, 0.3) is 5.91 Å². The van der Waals surface area contributed by atoms with Crippen LogP contribution in [-0.2, 0) is 0 Å². The van der Waals surface area contributed by atoms with Crippen molar-refractivity contribution < 1.29 is 4.79 Å². The van der Waals surface area contributed by atoms with E-state index < -0.39 is 0 Å². The zero-order valence-electron chi connectivity index (χ0n) is 12.1. The minimum atomic E-state index is 0.129. The molecular formula is C16H24N2O. The van der Waals surface area contributed by atoms with Crippen molar-refractivity contribution >= 4 is 11.6 Å². The zero-order chi connectivity index (χ0) is 13.8. The first kappa shape index (κ1) is 13.9. The molecule has 0 spiro atoms. The second kappa shape index (κ2) is 6.09. The molecule has 0 unspecified atom stereocenters. The van der Waals surface area contributed by atoms with Crippen molar-refractivity contribution in [2.45, 2.75) is 38.6 Å². The summed E-state index contributed by atoms with van der Waals surface area (Å²) in [7, 11) is 3.80. The SMILES string of the molecule is CNc1ccccc1C(=O)N(C)C1CCC(C)CC1. The molecule has 19 heavy (non-hydrogen) atoms. The van der Waals surface area contributed by atoms with E-state index in [1.165, 1.54) is 12.8 Å². The fourth-order valence-electron chi connectivity index (χ4n) is 2.87. The molecule has 1 aliphatic carbocycles. The molecule has 1 fully saturated rings. The smallest absolute Gasteiger partial charge is 0.255 e. The molecule has 0 heterocycles. The minimum Gasteiger partial charge on any atom is -0.387 e. The first-order valence-corrected chi connectivity index (χ1v) is 7.17. The number of anilines is 1. The summed E-state index contributed by atoms with van der Waals surface area (Å²) < 4.78 is 0. The molecule has 0 aliphatic heterocycles.